The molecule has 0 atom stereocenters. The van der Waals surface area contributed by atoms with Gasteiger partial charge in [-0.25, -0.2) is 4.99 Å². The van der Waals surface area contributed by atoms with Crippen molar-refractivity contribution in [1.82, 2.24) is 15.2 Å². The SMILES string of the molecule is CCNC(=NCc1ncccc1C)N1CCC(C)(C)C1.I. The van der Waals surface area contributed by atoms with E-state index in [2.05, 4.69) is 49.0 Å². The Balaban J connectivity index is 0.00000220. The number of hydrogen-bond acceptors (Lipinski definition) is 2. The Hall–Kier alpha value is -0.850. The molecule has 2 heterocycles. The highest BCUT2D eigenvalue weighted by Crippen LogP contribution is 2.28. The summed E-state index contributed by atoms with van der Waals surface area (Å²) in [6, 6.07) is 4.06. The molecule has 1 saturated heterocycles. The fourth-order valence-electron chi connectivity index (χ4n) is 2.55. The van der Waals surface area contributed by atoms with Crippen LogP contribution in [0, 0.1) is 12.3 Å². The van der Waals surface area contributed by atoms with E-state index in [1.165, 1.54) is 12.0 Å². The van der Waals surface area contributed by atoms with Gasteiger partial charge in [0.05, 0.1) is 12.2 Å². The standard InChI is InChI=1S/C16H26N4.HI/c1-5-17-15(20-10-8-16(3,4)12-20)19-11-14-13(2)7-6-9-18-14;/h6-7,9H,5,8,10-12H2,1-4H3,(H,17,19);1H. The van der Waals surface area contributed by atoms with Gasteiger partial charge in [0.15, 0.2) is 5.96 Å². The average Bonchev–Trinajstić information content (AvgIpc) is 2.76. The highest BCUT2D eigenvalue weighted by molar-refractivity contribution is 14.0. The summed E-state index contributed by atoms with van der Waals surface area (Å²) in [5.41, 5.74) is 2.65. The molecule has 0 amide bonds. The number of nitrogens with one attached hydrogen (secondary N) is 1. The summed E-state index contributed by atoms with van der Waals surface area (Å²) in [4.78, 5) is 11.5. The molecular weight excluding hydrogens is 375 g/mol. The average molecular weight is 402 g/mol. The van der Waals surface area contributed by atoms with Crippen LogP contribution in [0.15, 0.2) is 23.3 Å². The summed E-state index contributed by atoms with van der Waals surface area (Å²) in [6.45, 7) is 12.5. The number of nitrogens with zero attached hydrogens (tertiary/aromatic N) is 3. The summed E-state index contributed by atoms with van der Waals surface area (Å²) >= 11 is 0. The Morgan fingerprint density at radius 2 is 2.24 bits per heavy atom. The van der Waals surface area contributed by atoms with Crippen molar-refractivity contribution in [3.63, 3.8) is 0 Å². The van der Waals surface area contributed by atoms with Crippen LogP contribution in [0.5, 0.6) is 0 Å². The van der Waals surface area contributed by atoms with Gasteiger partial charge in [0.2, 0.25) is 0 Å². The topological polar surface area (TPSA) is 40.5 Å². The molecule has 1 aliphatic rings. The number of halogens is 1. The zero-order valence-corrected chi connectivity index (χ0v) is 15.8. The Morgan fingerprint density at radius 1 is 1.48 bits per heavy atom. The number of aromatic nitrogens is 1. The second-order valence-electron chi connectivity index (χ2n) is 6.27. The summed E-state index contributed by atoms with van der Waals surface area (Å²) in [7, 11) is 0. The van der Waals surface area contributed by atoms with Crippen molar-refractivity contribution in [2.75, 3.05) is 19.6 Å². The van der Waals surface area contributed by atoms with Crippen LogP contribution < -0.4 is 5.32 Å². The Kier molecular flexibility index (Phi) is 6.90. The second kappa shape index (κ2) is 7.96. The molecule has 1 N–H and O–H groups in total. The van der Waals surface area contributed by atoms with E-state index >= 15 is 0 Å². The van der Waals surface area contributed by atoms with Crippen molar-refractivity contribution in [3.8, 4) is 0 Å². The van der Waals surface area contributed by atoms with Crippen LogP contribution in [0.1, 0.15) is 38.4 Å². The fraction of sp³-hybridized carbons (Fsp3) is 0.625. The summed E-state index contributed by atoms with van der Waals surface area (Å²) in [6.07, 6.45) is 3.06. The lowest BCUT2D eigenvalue weighted by Gasteiger charge is -2.23. The van der Waals surface area contributed by atoms with Gasteiger partial charge in [-0.05, 0) is 37.3 Å². The second-order valence-corrected chi connectivity index (χ2v) is 6.27. The van der Waals surface area contributed by atoms with Gasteiger partial charge in [0.25, 0.3) is 0 Å². The van der Waals surface area contributed by atoms with Gasteiger partial charge in [-0.3, -0.25) is 4.98 Å². The molecule has 0 aromatic carbocycles. The molecule has 0 bridgehead atoms. The molecule has 2 rings (SSSR count). The van der Waals surface area contributed by atoms with E-state index < -0.39 is 0 Å². The zero-order chi connectivity index (χ0) is 14.6. The van der Waals surface area contributed by atoms with E-state index in [0.717, 1.165) is 31.3 Å². The number of guanidine groups is 1. The highest BCUT2D eigenvalue weighted by Gasteiger charge is 2.30. The maximum atomic E-state index is 4.76. The number of pyridine rings is 1. The molecule has 118 valence electrons. The Morgan fingerprint density at radius 3 is 2.81 bits per heavy atom. The minimum Gasteiger partial charge on any atom is -0.357 e. The van der Waals surface area contributed by atoms with Crippen molar-refractivity contribution in [2.24, 2.45) is 10.4 Å². The predicted octanol–water partition coefficient (Wildman–Crippen LogP) is 3.21. The van der Waals surface area contributed by atoms with Crippen molar-refractivity contribution in [1.29, 1.82) is 0 Å². The van der Waals surface area contributed by atoms with Gasteiger partial charge in [-0.2, -0.15) is 0 Å². The summed E-state index contributed by atoms with van der Waals surface area (Å²) in [5.74, 6) is 1.02. The third-order valence-corrected chi connectivity index (χ3v) is 3.81. The first-order chi connectivity index (χ1) is 9.52. The van der Waals surface area contributed by atoms with Crippen molar-refractivity contribution in [2.45, 2.75) is 40.7 Å². The third kappa shape index (κ3) is 5.13. The lowest BCUT2D eigenvalue weighted by atomic mass is 9.93. The summed E-state index contributed by atoms with van der Waals surface area (Å²) in [5, 5.41) is 3.40. The van der Waals surface area contributed by atoms with Gasteiger partial charge in [-0.15, -0.1) is 24.0 Å². The van der Waals surface area contributed by atoms with Gasteiger partial charge in [0.1, 0.15) is 0 Å². The Bertz CT molecular complexity index is 485. The largest absolute Gasteiger partial charge is 0.357 e. The van der Waals surface area contributed by atoms with Crippen molar-refractivity contribution < 1.29 is 0 Å². The van der Waals surface area contributed by atoms with E-state index in [9.17, 15) is 0 Å². The molecule has 5 heteroatoms. The fourth-order valence-corrected chi connectivity index (χ4v) is 2.55. The molecule has 1 fully saturated rings. The molecule has 1 aliphatic heterocycles. The van der Waals surface area contributed by atoms with E-state index in [0.29, 0.717) is 12.0 Å². The van der Waals surface area contributed by atoms with Crippen LogP contribution >= 0.6 is 24.0 Å². The highest BCUT2D eigenvalue weighted by atomic mass is 127. The molecule has 0 radical (unpaired) electrons. The van der Waals surface area contributed by atoms with Crippen LogP contribution in [0.25, 0.3) is 0 Å². The molecule has 1 aromatic heterocycles. The predicted molar refractivity (Wildman–Crippen MR) is 99.2 cm³/mol. The first-order valence-electron chi connectivity index (χ1n) is 7.45. The number of rotatable bonds is 3. The van der Waals surface area contributed by atoms with E-state index in [1.54, 1.807) is 0 Å². The Labute approximate surface area is 145 Å². The minimum absolute atomic E-state index is 0. The molecule has 0 spiro atoms. The molecular formula is C16H27IN4. The van der Waals surface area contributed by atoms with Gasteiger partial charge >= 0.3 is 0 Å². The number of aryl methyl sites for hydroxylation is 1. The first-order valence-corrected chi connectivity index (χ1v) is 7.45. The normalized spacial score (nSPS) is 17.5. The maximum absolute atomic E-state index is 4.76. The quantitative estimate of drug-likeness (QED) is 0.480. The number of likely N-dealkylation sites (tertiary alicyclic amines) is 1. The summed E-state index contributed by atoms with van der Waals surface area (Å²) < 4.78 is 0. The molecule has 0 aliphatic carbocycles. The van der Waals surface area contributed by atoms with Crippen molar-refractivity contribution >= 4 is 29.9 Å². The smallest absolute Gasteiger partial charge is 0.194 e. The third-order valence-electron chi connectivity index (χ3n) is 3.81. The van der Waals surface area contributed by atoms with Gasteiger partial charge in [-0.1, -0.05) is 19.9 Å². The van der Waals surface area contributed by atoms with Gasteiger partial charge in [0, 0.05) is 25.8 Å². The van der Waals surface area contributed by atoms with Crippen LogP contribution in [-0.4, -0.2) is 35.5 Å². The van der Waals surface area contributed by atoms with E-state index in [1.807, 2.05) is 12.3 Å². The van der Waals surface area contributed by atoms with Crippen LogP contribution in [0.3, 0.4) is 0 Å². The maximum Gasteiger partial charge on any atom is 0.194 e. The molecule has 4 nitrogen and oxygen atoms in total. The molecule has 0 unspecified atom stereocenters. The number of aliphatic imine (C=N–C) groups is 1. The lowest BCUT2D eigenvalue weighted by Crippen LogP contribution is -2.40. The van der Waals surface area contributed by atoms with E-state index in [4.69, 9.17) is 4.99 Å². The molecule has 21 heavy (non-hydrogen) atoms. The van der Waals surface area contributed by atoms with Gasteiger partial charge < -0.3 is 10.2 Å². The van der Waals surface area contributed by atoms with Crippen molar-refractivity contribution in [3.05, 3.63) is 29.6 Å². The zero-order valence-electron chi connectivity index (χ0n) is 13.5. The van der Waals surface area contributed by atoms with Crippen LogP contribution in [0.2, 0.25) is 0 Å². The molecule has 0 saturated carbocycles. The van der Waals surface area contributed by atoms with Crippen LogP contribution in [0.4, 0.5) is 0 Å². The van der Waals surface area contributed by atoms with E-state index in [-0.39, 0.29) is 24.0 Å². The minimum atomic E-state index is 0. The lowest BCUT2D eigenvalue weighted by molar-refractivity contribution is 0.370. The molecule has 1 aromatic rings. The first kappa shape index (κ1) is 18.2. The monoisotopic (exact) mass is 402 g/mol. The van der Waals surface area contributed by atoms with Crippen LogP contribution in [-0.2, 0) is 6.54 Å². The number of hydrogen-bond donors (Lipinski definition) is 1.